The molecule has 0 aromatic heterocycles. The Morgan fingerprint density at radius 3 is 2.47 bits per heavy atom. The average Bonchev–Trinajstić information content (AvgIpc) is 2.19. The van der Waals surface area contributed by atoms with Crippen LogP contribution in [0.1, 0.15) is 25.3 Å². The van der Waals surface area contributed by atoms with Crippen LogP contribution in [0.2, 0.25) is 5.02 Å². The molecule has 0 aliphatic heterocycles. The van der Waals surface area contributed by atoms with E-state index >= 15 is 0 Å². The zero-order valence-corrected chi connectivity index (χ0v) is 9.55. The third-order valence-electron chi connectivity index (χ3n) is 2.60. The normalized spacial score (nSPS) is 11.2. The van der Waals surface area contributed by atoms with Crippen molar-refractivity contribution in [2.24, 2.45) is 0 Å². The number of halogens is 1. The second kappa shape index (κ2) is 3.74. The average molecular weight is 221 g/mol. The van der Waals surface area contributed by atoms with Crippen molar-refractivity contribution in [3.05, 3.63) is 40.9 Å². The van der Waals surface area contributed by atoms with E-state index in [1.54, 1.807) is 12.1 Å². The summed E-state index contributed by atoms with van der Waals surface area (Å²) in [5.41, 5.74) is 1.28. The molecule has 0 fully saturated rings. The molecule has 0 saturated carbocycles. The molecule has 0 amide bonds. The van der Waals surface area contributed by atoms with Gasteiger partial charge in [0.15, 0.2) is 0 Å². The summed E-state index contributed by atoms with van der Waals surface area (Å²) >= 11 is 5.87. The Hall–Kier alpha value is -1.21. The maximum absolute atomic E-state index is 9.46. The molecular weight excluding hydrogens is 208 g/mol. The first kappa shape index (κ1) is 10.3. The fourth-order valence-electron chi connectivity index (χ4n) is 1.64. The molecule has 0 saturated heterocycles. The quantitative estimate of drug-likeness (QED) is 0.759. The minimum absolute atomic E-state index is 0.140. The summed E-state index contributed by atoms with van der Waals surface area (Å²) in [6.07, 6.45) is 0. The van der Waals surface area contributed by atoms with E-state index in [1.807, 2.05) is 6.07 Å². The lowest BCUT2D eigenvalue weighted by atomic mass is 9.99. The molecule has 2 heteroatoms. The van der Waals surface area contributed by atoms with Crippen LogP contribution in [0.25, 0.3) is 10.8 Å². The number of hydrogen-bond donors (Lipinski definition) is 1. The summed E-state index contributed by atoms with van der Waals surface area (Å²) in [6.45, 7) is 4.31. The van der Waals surface area contributed by atoms with E-state index in [0.717, 1.165) is 10.8 Å². The van der Waals surface area contributed by atoms with Crippen molar-refractivity contribution in [2.45, 2.75) is 19.8 Å². The third-order valence-corrected chi connectivity index (χ3v) is 2.90. The zero-order valence-electron chi connectivity index (χ0n) is 8.79. The van der Waals surface area contributed by atoms with Gasteiger partial charge in [0.25, 0.3) is 0 Å². The Morgan fingerprint density at radius 2 is 1.80 bits per heavy atom. The highest BCUT2D eigenvalue weighted by Gasteiger charge is 2.04. The van der Waals surface area contributed by atoms with Crippen molar-refractivity contribution < 1.29 is 5.11 Å². The molecule has 0 spiro atoms. The number of phenols is 1. The Kier molecular flexibility index (Phi) is 2.57. The van der Waals surface area contributed by atoms with E-state index in [-0.39, 0.29) is 5.75 Å². The molecule has 0 bridgehead atoms. The van der Waals surface area contributed by atoms with Crippen molar-refractivity contribution in [1.29, 1.82) is 0 Å². The topological polar surface area (TPSA) is 20.2 Å². The minimum Gasteiger partial charge on any atom is -0.506 e. The molecule has 1 N–H and O–H groups in total. The standard InChI is InChI=1S/C13H13ClO/c1-8(2)9-3-4-10-7-13(15)12(14)6-11(10)5-9/h3-8,15H,1-2H3. The van der Waals surface area contributed by atoms with E-state index in [1.165, 1.54) is 5.56 Å². The van der Waals surface area contributed by atoms with Gasteiger partial charge in [-0.2, -0.15) is 0 Å². The van der Waals surface area contributed by atoms with Crippen LogP contribution in [0.3, 0.4) is 0 Å². The summed E-state index contributed by atoms with van der Waals surface area (Å²) in [4.78, 5) is 0. The second-order valence-corrected chi connectivity index (χ2v) is 4.47. The van der Waals surface area contributed by atoms with Crippen LogP contribution >= 0.6 is 11.6 Å². The first-order chi connectivity index (χ1) is 7.08. The van der Waals surface area contributed by atoms with Gasteiger partial charge in [-0.25, -0.2) is 0 Å². The monoisotopic (exact) mass is 220 g/mol. The van der Waals surface area contributed by atoms with Gasteiger partial charge in [0.2, 0.25) is 0 Å². The van der Waals surface area contributed by atoms with Crippen LogP contribution in [0, 0.1) is 0 Å². The SMILES string of the molecule is CC(C)c1ccc2cc(O)c(Cl)cc2c1. The molecule has 0 atom stereocenters. The lowest BCUT2D eigenvalue weighted by Crippen LogP contribution is -1.86. The van der Waals surface area contributed by atoms with E-state index in [2.05, 4.69) is 26.0 Å². The fourth-order valence-corrected chi connectivity index (χ4v) is 1.81. The van der Waals surface area contributed by atoms with Crippen LogP contribution in [0.4, 0.5) is 0 Å². The van der Waals surface area contributed by atoms with Crippen molar-refractivity contribution in [3.63, 3.8) is 0 Å². The fraction of sp³-hybridized carbons (Fsp3) is 0.231. The molecule has 0 heterocycles. The number of aromatic hydroxyl groups is 1. The van der Waals surface area contributed by atoms with Gasteiger partial charge in [-0.15, -0.1) is 0 Å². The van der Waals surface area contributed by atoms with Gasteiger partial charge in [0.05, 0.1) is 5.02 Å². The molecule has 2 aromatic carbocycles. The van der Waals surface area contributed by atoms with E-state index in [9.17, 15) is 5.11 Å². The van der Waals surface area contributed by atoms with Gasteiger partial charge >= 0.3 is 0 Å². The lowest BCUT2D eigenvalue weighted by Gasteiger charge is -2.07. The first-order valence-electron chi connectivity index (χ1n) is 5.00. The zero-order chi connectivity index (χ0) is 11.0. The molecule has 78 valence electrons. The summed E-state index contributed by atoms with van der Waals surface area (Å²) in [5, 5.41) is 12.0. The Balaban J connectivity index is 2.66. The minimum atomic E-state index is 0.140. The second-order valence-electron chi connectivity index (χ2n) is 4.06. The maximum Gasteiger partial charge on any atom is 0.134 e. The first-order valence-corrected chi connectivity index (χ1v) is 5.38. The van der Waals surface area contributed by atoms with Crippen LogP contribution in [0.15, 0.2) is 30.3 Å². The Labute approximate surface area is 94.3 Å². The summed E-state index contributed by atoms with van der Waals surface area (Å²) < 4.78 is 0. The molecule has 2 aromatic rings. The van der Waals surface area contributed by atoms with Gasteiger partial charge in [0.1, 0.15) is 5.75 Å². The largest absolute Gasteiger partial charge is 0.506 e. The highest BCUT2D eigenvalue weighted by atomic mass is 35.5. The van der Waals surface area contributed by atoms with E-state index in [0.29, 0.717) is 10.9 Å². The van der Waals surface area contributed by atoms with Gasteiger partial charge in [-0.1, -0.05) is 43.6 Å². The highest BCUT2D eigenvalue weighted by molar-refractivity contribution is 6.32. The predicted molar refractivity (Wildman–Crippen MR) is 64.7 cm³/mol. The van der Waals surface area contributed by atoms with Gasteiger partial charge in [-0.3, -0.25) is 0 Å². The summed E-state index contributed by atoms with van der Waals surface area (Å²) in [5.74, 6) is 0.642. The summed E-state index contributed by atoms with van der Waals surface area (Å²) in [6, 6.07) is 9.71. The van der Waals surface area contributed by atoms with Gasteiger partial charge in [-0.05, 0) is 34.4 Å². The molecule has 0 unspecified atom stereocenters. The number of fused-ring (bicyclic) bond motifs is 1. The van der Waals surface area contributed by atoms with E-state index < -0.39 is 0 Å². The van der Waals surface area contributed by atoms with Gasteiger partial charge < -0.3 is 5.11 Å². The van der Waals surface area contributed by atoms with Crippen LogP contribution in [-0.2, 0) is 0 Å². The Bertz CT molecular complexity index is 503. The predicted octanol–water partition coefficient (Wildman–Crippen LogP) is 4.32. The van der Waals surface area contributed by atoms with E-state index in [4.69, 9.17) is 11.6 Å². The summed E-state index contributed by atoms with van der Waals surface area (Å²) in [7, 11) is 0. The Morgan fingerprint density at radius 1 is 1.07 bits per heavy atom. The molecule has 15 heavy (non-hydrogen) atoms. The third kappa shape index (κ3) is 1.93. The smallest absolute Gasteiger partial charge is 0.134 e. The van der Waals surface area contributed by atoms with Crippen molar-refractivity contribution in [3.8, 4) is 5.75 Å². The molecule has 1 nitrogen and oxygen atoms in total. The van der Waals surface area contributed by atoms with Crippen LogP contribution in [-0.4, -0.2) is 5.11 Å². The number of phenolic OH excluding ortho intramolecular Hbond substituents is 1. The lowest BCUT2D eigenvalue weighted by molar-refractivity contribution is 0.476. The van der Waals surface area contributed by atoms with Crippen molar-refractivity contribution in [2.75, 3.05) is 0 Å². The van der Waals surface area contributed by atoms with Crippen molar-refractivity contribution in [1.82, 2.24) is 0 Å². The molecular formula is C13H13ClO. The molecule has 0 radical (unpaired) electrons. The molecule has 2 rings (SSSR count). The highest BCUT2D eigenvalue weighted by Crippen LogP contribution is 2.30. The maximum atomic E-state index is 9.46. The van der Waals surface area contributed by atoms with Gasteiger partial charge in [0, 0.05) is 0 Å². The van der Waals surface area contributed by atoms with Crippen LogP contribution in [0.5, 0.6) is 5.75 Å². The molecule has 0 aliphatic rings. The van der Waals surface area contributed by atoms with Crippen molar-refractivity contribution >= 4 is 22.4 Å². The van der Waals surface area contributed by atoms with Crippen LogP contribution < -0.4 is 0 Å². The number of benzene rings is 2. The molecule has 0 aliphatic carbocycles. The number of hydrogen-bond acceptors (Lipinski definition) is 1. The number of rotatable bonds is 1.